The van der Waals surface area contributed by atoms with Crippen molar-refractivity contribution in [2.24, 2.45) is 16.5 Å². The third kappa shape index (κ3) is 4.74. The average Bonchev–Trinajstić information content (AvgIpc) is 2.81. The quantitative estimate of drug-likeness (QED) is 0.208. The molecule has 0 spiro atoms. The number of carbonyl (C=O) groups is 2. The minimum Gasteiger partial charge on any atom is -0.461 e. The van der Waals surface area contributed by atoms with Gasteiger partial charge in [0, 0.05) is 6.92 Å². The molecule has 1 rings (SSSR count). The summed E-state index contributed by atoms with van der Waals surface area (Å²) in [5.74, 6) is -2.62. The third-order valence-electron chi connectivity index (χ3n) is 2.49. The summed E-state index contributed by atoms with van der Waals surface area (Å²) < 4.78 is 10.8. The zero-order valence-corrected chi connectivity index (χ0v) is 12.5. The molecule has 0 aromatic carbocycles. The summed E-state index contributed by atoms with van der Waals surface area (Å²) in [4.78, 5) is 40.7. The second-order valence-electron chi connectivity index (χ2n) is 4.14. The Labute approximate surface area is 130 Å². The molecular formula is C11H16N6O6. The number of hydrogen-bond acceptors (Lipinski definition) is 7. The van der Waals surface area contributed by atoms with Gasteiger partial charge in [-0.15, -0.1) is 0 Å². The van der Waals surface area contributed by atoms with Crippen molar-refractivity contribution < 1.29 is 24.0 Å². The molecule has 4 N–H and O–H groups in total. The number of nitrogens with two attached hydrogens (primary N) is 2. The maximum Gasteiger partial charge on any atom is 0.381 e. The van der Waals surface area contributed by atoms with Crippen LogP contribution in [0.2, 0.25) is 0 Å². The number of nitrogens with zero attached hydrogens (tertiary/aromatic N) is 4. The number of carbonyl (C=O) groups excluding carboxylic acids is 2. The Balaban J connectivity index is 3.09. The number of aryl methyl sites for hydroxylation is 1. The lowest BCUT2D eigenvalue weighted by atomic mass is 10.5. The number of aliphatic imine (C=N–C) groups is 1. The Morgan fingerprint density at radius 3 is 2.70 bits per heavy atom. The molecule has 1 heterocycles. The van der Waals surface area contributed by atoms with E-state index >= 15 is 0 Å². The molecule has 0 saturated heterocycles. The maximum atomic E-state index is 12.0. The van der Waals surface area contributed by atoms with Gasteiger partial charge in [0.2, 0.25) is 0 Å². The van der Waals surface area contributed by atoms with E-state index in [1.165, 1.54) is 6.92 Å². The van der Waals surface area contributed by atoms with Crippen molar-refractivity contribution >= 4 is 23.7 Å². The summed E-state index contributed by atoms with van der Waals surface area (Å²) in [6.07, 6.45) is -0.612. The zero-order valence-electron chi connectivity index (χ0n) is 12.5. The Morgan fingerprint density at radius 2 is 2.17 bits per heavy atom. The highest BCUT2D eigenvalue weighted by Gasteiger charge is 2.34. The van der Waals surface area contributed by atoms with Crippen molar-refractivity contribution in [3.05, 3.63) is 22.1 Å². The van der Waals surface area contributed by atoms with Crippen LogP contribution in [-0.2, 0) is 19.1 Å². The molecule has 0 saturated carbocycles. The second kappa shape index (κ2) is 7.84. The van der Waals surface area contributed by atoms with E-state index in [1.807, 2.05) is 0 Å². The number of esters is 1. The highest BCUT2D eigenvalue weighted by atomic mass is 16.6. The van der Waals surface area contributed by atoms with Gasteiger partial charge in [0.25, 0.3) is 5.91 Å². The van der Waals surface area contributed by atoms with Crippen LogP contribution >= 0.6 is 0 Å². The first-order valence-electron chi connectivity index (χ1n) is 6.36. The van der Waals surface area contributed by atoms with Crippen LogP contribution in [0.4, 0.5) is 5.82 Å². The molecule has 0 aliphatic carbocycles. The van der Waals surface area contributed by atoms with Crippen LogP contribution in [0.1, 0.15) is 19.0 Å². The van der Waals surface area contributed by atoms with Crippen LogP contribution in [0.3, 0.4) is 0 Å². The van der Waals surface area contributed by atoms with Gasteiger partial charge in [0.05, 0.1) is 6.61 Å². The first-order valence-corrected chi connectivity index (χ1v) is 6.36. The molecule has 0 radical (unpaired) electrons. The van der Waals surface area contributed by atoms with E-state index in [0.717, 1.165) is 10.8 Å². The molecule has 0 bridgehead atoms. The Kier molecular flexibility index (Phi) is 6.14. The fourth-order valence-corrected chi connectivity index (χ4v) is 1.65. The predicted octanol–water partition coefficient (Wildman–Crippen LogP) is -1.02. The van der Waals surface area contributed by atoms with Gasteiger partial charge < -0.3 is 31.1 Å². The summed E-state index contributed by atoms with van der Waals surface area (Å²) in [7, 11) is 0. The number of amides is 1. The van der Waals surface area contributed by atoms with E-state index in [-0.39, 0.29) is 12.4 Å². The maximum absolute atomic E-state index is 12.0. The number of aromatic nitrogens is 2. The molecule has 12 heteroatoms. The number of hydrogen-bond donors (Lipinski definition) is 2. The molecule has 126 valence electrons. The molecule has 12 nitrogen and oxygen atoms in total. The number of imidazole rings is 1. The van der Waals surface area contributed by atoms with Crippen molar-refractivity contribution in [2.45, 2.75) is 20.1 Å². The standard InChI is InChI=1S/C11H16N6O6/c1-3-22-10(19)9(23-5-7(18)15-11(12)13)16-6(2)14-4-8(16)17(20)21/h4,9H,3,5H2,1-2H3,(H4,12,13,15,18). The highest BCUT2D eigenvalue weighted by Crippen LogP contribution is 2.22. The number of nitro groups is 1. The minimum atomic E-state index is -1.57. The van der Waals surface area contributed by atoms with Crippen LogP contribution in [0.5, 0.6) is 0 Å². The Bertz CT molecular complexity index is 635. The lowest BCUT2D eigenvalue weighted by molar-refractivity contribution is -0.393. The molecule has 1 aromatic rings. The van der Waals surface area contributed by atoms with Crippen molar-refractivity contribution in [2.75, 3.05) is 13.2 Å². The van der Waals surface area contributed by atoms with E-state index in [1.54, 1.807) is 6.92 Å². The monoisotopic (exact) mass is 328 g/mol. The van der Waals surface area contributed by atoms with Crippen LogP contribution < -0.4 is 11.5 Å². The van der Waals surface area contributed by atoms with E-state index in [9.17, 15) is 19.7 Å². The van der Waals surface area contributed by atoms with Crippen LogP contribution in [0.15, 0.2) is 11.2 Å². The first kappa shape index (κ1) is 18.0. The SMILES string of the molecule is CCOC(=O)C(OCC(=O)N=C(N)N)n1c([N+](=O)[O-])cnc1C. The molecule has 0 aliphatic rings. The fourth-order valence-electron chi connectivity index (χ4n) is 1.65. The van der Waals surface area contributed by atoms with Crippen molar-refractivity contribution in [3.8, 4) is 0 Å². The van der Waals surface area contributed by atoms with Gasteiger partial charge in [-0.2, -0.15) is 9.56 Å². The van der Waals surface area contributed by atoms with Crippen molar-refractivity contribution in [3.63, 3.8) is 0 Å². The van der Waals surface area contributed by atoms with E-state index in [0.29, 0.717) is 0 Å². The predicted molar refractivity (Wildman–Crippen MR) is 76.1 cm³/mol. The molecule has 1 amide bonds. The number of ether oxygens (including phenoxy) is 2. The normalized spacial score (nSPS) is 11.6. The van der Waals surface area contributed by atoms with Gasteiger partial charge in [-0.3, -0.25) is 4.79 Å². The molecule has 1 unspecified atom stereocenters. The van der Waals surface area contributed by atoms with Crippen molar-refractivity contribution in [1.29, 1.82) is 0 Å². The summed E-state index contributed by atoms with van der Waals surface area (Å²) >= 11 is 0. The summed E-state index contributed by atoms with van der Waals surface area (Å²) in [6, 6.07) is 0. The topological polar surface area (TPSA) is 178 Å². The molecule has 1 aromatic heterocycles. The first-order chi connectivity index (χ1) is 10.8. The summed E-state index contributed by atoms with van der Waals surface area (Å²) in [5.41, 5.74) is 10.1. The number of guanidine groups is 1. The van der Waals surface area contributed by atoms with Gasteiger partial charge in [0.1, 0.15) is 12.8 Å². The largest absolute Gasteiger partial charge is 0.461 e. The summed E-state index contributed by atoms with van der Waals surface area (Å²) in [5, 5.41) is 11.0. The van der Waals surface area contributed by atoms with E-state index < -0.39 is 41.4 Å². The van der Waals surface area contributed by atoms with Gasteiger partial charge in [-0.25, -0.2) is 9.78 Å². The van der Waals surface area contributed by atoms with Gasteiger partial charge in [-0.1, -0.05) is 0 Å². The Morgan fingerprint density at radius 1 is 1.52 bits per heavy atom. The zero-order chi connectivity index (χ0) is 17.6. The van der Waals surface area contributed by atoms with Gasteiger partial charge in [-0.05, 0) is 11.8 Å². The van der Waals surface area contributed by atoms with Crippen LogP contribution in [-0.4, -0.2) is 45.5 Å². The van der Waals surface area contributed by atoms with E-state index in [2.05, 4.69) is 9.98 Å². The average molecular weight is 328 g/mol. The summed E-state index contributed by atoms with van der Waals surface area (Å²) in [6.45, 7) is 2.31. The fraction of sp³-hybridized carbons (Fsp3) is 0.455. The highest BCUT2D eigenvalue weighted by molar-refractivity contribution is 5.92. The van der Waals surface area contributed by atoms with Crippen LogP contribution in [0, 0.1) is 17.0 Å². The van der Waals surface area contributed by atoms with Gasteiger partial charge >= 0.3 is 18.0 Å². The molecule has 1 atom stereocenters. The van der Waals surface area contributed by atoms with Crippen molar-refractivity contribution in [1.82, 2.24) is 9.55 Å². The molecule has 0 aliphatic heterocycles. The van der Waals surface area contributed by atoms with Crippen LogP contribution in [0.25, 0.3) is 0 Å². The molecule has 0 fully saturated rings. The minimum absolute atomic E-state index is 0.0160. The molecular weight excluding hydrogens is 312 g/mol. The number of rotatable bonds is 7. The third-order valence-corrected chi connectivity index (χ3v) is 2.49. The van der Waals surface area contributed by atoms with E-state index in [4.69, 9.17) is 20.9 Å². The smallest absolute Gasteiger partial charge is 0.381 e. The lowest BCUT2D eigenvalue weighted by Crippen LogP contribution is -2.29. The molecule has 23 heavy (non-hydrogen) atoms. The second-order valence-corrected chi connectivity index (χ2v) is 4.14. The Hall–Kier alpha value is -3.02. The lowest BCUT2D eigenvalue weighted by Gasteiger charge is -2.14. The van der Waals surface area contributed by atoms with Gasteiger partial charge in [0.15, 0.2) is 11.8 Å².